The van der Waals surface area contributed by atoms with Crippen molar-refractivity contribution in [3.05, 3.63) is 223 Å². The van der Waals surface area contributed by atoms with Crippen molar-refractivity contribution in [1.82, 2.24) is 0 Å². The Morgan fingerprint density at radius 1 is 0.708 bits per heavy atom. The van der Waals surface area contributed by atoms with Crippen LogP contribution in [-0.4, -0.2) is 5.11 Å². The minimum Gasteiger partial charge on any atom is -0.516 e. The zero-order valence-corrected chi connectivity index (χ0v) is 27.2. The van der Waals surface area contributed by atoms with Gasteiger partial charge >= 0.3 is 0 Å². The van der Waals surface area contributed by atoms with Gasteiger partial charge in [-0.15, -0.1) is 0 Å². The number of para-hydroxylation sites is 4. The fraction of sp³-hybridized carbons (Fsp3) is 0.0227. The van der Waals surface area contributed by atoms with Crippen LogP contribution in [0.25, 0.3) is 17.3 Å². The lowest BCUT2D eigenvalue weighted by atomic mass is 10.1. The summed E-state index contributed by atoms with van der Waals surface area (Å²) in [6, 6.07) is 46.2. The van der Waals surface area contributed by atoms with E-state index in [1.54, 1.807) is 12.2 Å². The van der Waals surface area contributed by atoms with Crippen LogP contribution >= 0.6 is 0 Å². The largest absolute Gasteiger partial charge is 0.516 e. The van der Waals surface area contributed by atoms with Crippen molar-refractivity contribution in [2.24, 2.45) is 4.99 Å². The number of hydrogen-bond donors (Lipinski definition) is 3. The summed E-state index contributed by atoms with van der Waals surface area (Å²) in [6.45, 7) is 9.89. The smallest absolute Gasteiger partial charge is 0.0812 e. The molecule has 48 heavy (non-hydrogen) atoms. The molecule has 0 saturated carbocycles. The summed E-state index contributed by atoms with van der Waals surface area (Å²) in [5, 5.41) is 18.1. The number of fused-ring (bicyclic) bond motifs is 1. The summed E-state index contributed by atoms with van der Waals surface area (Å²) in [7, 11) is 0. The lowest BCUT2D eigenvalue weighted by Gasteiger charge is -2.11. The van der Waals surface area contributed by atoms with E-state index >= 15 is 0 Å². The number of benzene rings is 5. The fourth-order valence-corrected chi connectivity index (χ4v) is 4.59. The first-order chi connectivity index (χ1) is 23.6. The molecular formula is C44H41N3O. The highest BCUT2D eigenvalue weighted by atomic mass is 16.2. The highest BCUT2D eigenvalue weighted by Gasteiger charge is 2.03. The summed E-state index contributed by atoms with van der Waals surface area (Å²) in [4.78, 5) is 4.35. The third kappa shape index (κ3) is 10.9. The van der Waals surface area contributed by atoms with Gasteiger partial charge in [0.1, 0.15) is 0 Å². The summed E-state index contributed by atoms with van der Waals surface area (Å²) < 4.78 is 0. The third-order valence-corrected chi connectivity index (χ3v) is 7.00. The highest BCUT2D eigenvalue weighted by molar-refractivity contribution is 5.75. The molecule has 0 amide bonds. The van der Waals surface area contributed by atoms with Crippen LogP contribution in [0.2, 0.25) is 0 Å². The van der Waals surface area contributed by atoms with Gasteiger partial charge in [-0.3, -0.25) is 0 Å². The Bertz CT molecular complexity index is 1970. The van der Waals surface area contributed by atoms with Crippen LogP contribution < -0.4 is 21.2 Å². The van der Waals surface area contributed by atoms with Gasteiger partial charge in [-0.05, 0) is 78.3 Å². The standard InChI is InChI=1S/C20H19NO.2C12H11N/c1-3-17-9-7-8-12-20(17)21-19(13-14-22)15-16(2)18-10-5-4-6-11-18;1-3-7-11(8-4-1)13-12-9-5-2-6-10-12;1-2-3-4-8-11-10-7-5-6-9-12(10)13-11/h3-15,21-22H,1-2H2;1-10,13H;2-9H,1H3/b14-13-,19-15+;;3-2-,8-4-. The predicted molar refractivity (Wildman–Crippen MR) is 206 cm³/mol. The van der Waals surface area contributed by atoms with Gasteiger partial charge < -0.3 is 15.7 Å². The topological polar surface area (TPSA) is 56.7 Å². The van der Waals surface area contributed by atoms with Crippen LogP contribution in [0, 0.1) is 0 Å². The summed E-state index contributed by atoms with van der Waals surface area (Å²) >= 11 is 0. The first kappa shape index (κ1) is 34.5. The molecule has 5 aromatic rings. The minimum absolute atomic E-state index is 0.741. The molecule has 0 spiro atoms. The summed E-state index contributed by atoms with van der Waals surface area (Å²) in [6.07, 6.45) is 14.3. The second-order valence-electron chi connectivity index (χ2n) is 10.5. The second kappa shape index (κ2) is 19.2. The maximum atomic E-state index is 9.11. The molecule has 238 valence electrons. The van der Waals surface area contributed by atoms with E-state index in [4.69, 9.17) is 5.11 Å². The third-order valence-electron chi connectivity index (χ3n) is 7.00. The van der Waals surface area contributed by atoms with E-state index in [1.165, 1.54) is 5.22 Å². The zero-order valence-electron chi connectivity index (χ0n) is 27.2. The highest BCUT2D eigenvalue weighted by Crippen LogP contribution is 2.21. The first-order valence-corrected chi connectivity index (χ1v) is 15.7. The van der Waals surface area contributed by atoms with Crippen molar-refractivity contribution in [3.8, 4) is 0 Å². The molecule has 3 N–H and O–H groups in total. The molecule has 0 bridgehead atoms. The van der Waals surface area contributed by atoms with Gasteiger partial charge in [0.05, 0.1) is 17.3 Å². The number of aliphatic hydroxyl groups is 1. The van der Waals surface area contributed by atoms with E-state index in [0.717, 1.165) is 56.8 Å². The Morgan fingerprint density at radius 3 is 1.90 bits per heavy atom. The van der Waals surface area contributed by atoms with Crippen molar-refractivity contribution < 1.29 is 5.11 Å². The SMILES string of the molecule is C/C=C\C=C/C1=c2ccccc2=N1.C=Cc1ccccc1NC(/C=C\O)=C/C(=C)c1ccccc1.c1ccc(Nc2ccccc2)cc1. The Labute approximate surface area is 284 Å². The van der Waals surface area contributed by atoms with Gasteiger partial charge in [0.2, 0.25) is 0 Å². The minimum atomic E-state index is 0.741. The van der Waals surface area contributed by atoms with E-state index in [1.807, 2.05) is 171 Å². The van der Waals surface area contributed by atoms with Crippen LogP contribution in [0.15, 0.2) is 206 Å². The van der Waals surface area contributed by atoms with E-state index in [-0.39, 0.29) is 0 Å². The molecule has 1 aliphatic rings. The van der Waals surface area contributed by atoms with Crippen LogP contribution in [0.4, 0.5) is 17.1 Å². The molecule has 0 aromatic heterocycles. The first-order valence-electron chi connectivity index (χ1n) is 15.7. The predicted octanol–water partition coefficient (Wildman–Crippen LogP) is 10.4. The Hall–Kier alpha value is -6.39. The monoisotopic (exact) mass is 627 g/mol. The molecule has 6 rings (SSSR count). The van der Waals surface area contributed by atoms with Crippen LogP contribution in [-0.2, 0) is 0 Å². The van der Waals surface area contributed by atoms with Gasteiger partial charge in [0, 0.05) is 28.0 Å². The van der Waals surface area contributed by atoms with Gasteiger partial charge in [-0.25, -0.2) is 4.99 Å². The fourth-order valence-electron chi connectivity index (χ4n) is 4.59. The Kier molecular flexibility index (Phi) is 13.8. The van der Waals surface area contributed by atoms with E-state index in [0.29, 0.717) is 0 Å². The van der Waals surface area contributed by atoms with Crippen molar-refractivity contribution in [2.45, 2.75) is 6.92 Å². The van der Waals surface area contributed by atoms with Crippen LogP contribution in [0.3, 0.4) is 0 Å². The number of rotatable bonds is 10. The number of hydrogen-bond acceptors (Lipinski definition) is 4. The van der Waals surface area contributed by atoms with E-state index in [9.17, 15) is 0 Å². The van der Waals surface area contributed by atoms with Crippen molar-refractivity contribution >= 4 is 34.4 Å². The molecule has 0 atom stereocenters. The maximum Gasteiger partial charge on any atom is 0.0812 e. The van der Waals surface area contributed by atoms with Gasteiger partial charge in [0.15, 0.2) is 0 Å². The molecular weight excluding hydrogens is 587 g/mol. The van der Waals surface area contributed by atoms with Gasteiger partial charge in [0.25, 0.3) is 0 Å². The molecule has 4 nitrogen and oxygen atoms in total. The number of allylic oxidation sites excluding steroid dienone is 6. The summed E-state index contributed by atoms with van der Waals surface area (Å²) in [5.41, 5.74) is 7.86. The average Bonchev–Trinajstić information content (AvgIpc) is 3.12. The Balaban J connectivity index is 0.000000172. The normalized spacial score (nSPS) is 11.7. The van der Waals surface area contributed by atoms with Crippen molar-refractivity contribution in [2.75, 3.05) is 10.6 Å². The average molecular weight is 628 g/mol. The number of nitrogens with one attached hydrogen (secondary N) is 2. The summed E-state index contributed by atoms with van der Waals surface area (Å²) in [5.74, 6) is 0. The van der Waals surface area contributed by atoms with Crippen LogP contribution in [0.5, 0.6) is 0 Å². The number of anilines is 3. The maximum absolute atomic E-state index is 9.11. The van der Waals surface area contributed by atoms with Crippen LogP contribution in [0.1, 0.15) is 18.1 Å². The zero-order chi connectivity index (χ0) is 33.8. The Morgan fingerprint density at radius 2 is 1.29 bits per heavy atom. The molecule has 0 radical (unpaired) electrons. The van der Waals surface area contributed by atoms with E-state index in [2.05, 4.69) is 34.9 Å². The lowest BCUT2D eigenvalue weighted by Crippen LogP contribution is -2.33. The number of aliphatic hydroxyl groups excluding tert-OH is 1. The second-order valence-corrected chi connectivity index (χ2v) is 10.5. The molecule has 5 aromatic carbocycles. The van der Waals surface area contributed by atoms with Crippen molar-refractivity contribution in [3.63, 3.8) is 0 Å². The van der Waals surface area contributed by atoms with Gasteiger partial charge in [-0.2, -0.15) is 0 Å². The molecule has 0 unspecified atom stereocenters. The quantitative estimate of drug-likeness (QED) is 0.107. The molecule has 0 aliphatic carbocycles. The molecule has 0 fully saturated rings. The molecule has 4 heteroatoms. The number of nitrogens with zero attached hydrogens (tertiary/aromatic N) is 1. The lowest BCUT2D eigenvalue weighted by molar-refractivity contribution is 0.473. The van der Waals surface area contributed by atoms with Crippen molar-refractivity contribution in [1.29, 1.82) is 0 Å². The molecule has 0 saturated heterocycles. The van der Waals surface area contributed by atoms with Gasteiger partial charge in [-0.1, -0.05) is 141 Å². The molecule has 1 heterocycles. The van der Waals surface area contributed by atoms with E-state index < -0.39 is 0 Å². The molecule has 1 aliphatic heterocycles.